The van der Waals surface area contributed by atoms with E-state index in [-0.39, 0.29) is 12.5 Å². The third-order valence-corrected chi connectivity index (χ3v) is 9.44. The van der Waals surface area contributed by atoms with Gasteiger partial charge in [-0.3, -0.25) is 4.79 Å². The average molecular weight is 648 g/mol. The van der Waals surface area contributed by atoms with Crippen molar-refractivity contribution in [1.29, 1.82) is 0 Å². The minimum absolute atomic E-state index is 0.0783. The van der Waals surface area contributed by atoms with Crippen LogP contribution in [0.3, 0.4) is 0 Å². The molecule has 0 aromatic carbocycles. The number of carbonyl (C=O) groups is 1. The number of unbranched alkanes of at least 4 members (excludes halogenated alkanes) is 28. The first-order chi connectivity index (χ1) is 22.7. The minimum Gasteiger partial charge on any atom is -0.394 e. The summed E-state index contributed by atoms with van der Waals surface area (Å²) < 4.78 is 0. The Labute approximate surface area is 288 Å². The van der Waals surface area contributed by atoms with Crippen LogP contribution in [0.25, 0.3) is 0 Å². The number of rotatable bonds is 37. The fourth-order valence-electron chi connectivity index (χ4n) is 6.25. The van der Waals surface area contributed by atoms with E-state index in [1.807, 2.05) is 6.08 Å². The van der Waals surface area contributed by atoms with Gasteiger partial charge in [0.05, 0.1) is 18.8 Å². The molecule has 2 unspecified atom stereocenters. The van der Waals surface area contributed by atoms with Crippen LogP contribution < -0.4 is 5.32 Å². The van der Waals surface area contributed by atoms with Crippen LogP contribution in [-0.2, 0) is 4.79 Å². The number of aliphatic hydroxyl groups excluding tert-OH is 2. The minimum atomic E-state index is -0.856. The molecule has 0 aromatic heterocycles. The molecule has 1 amide bonds. The summed E-state index contributed by atoms with van der Waals surface area (Å²) in [7, 11) is 0. The van der Waals surface area contributed by atoms with Crippen molar-refractivity contribution in [1.82, 2.24) is 5.32 Å². The molecule has 0 aromatic rings. The molecule has 4 heteroatoms. The molecule has 0 bridgehead atoms. The lowest BCUT2D eigenvalue weighted by Gasteiger charge is -2.19. The molecule has 0 heterocycles. The van der Waals surface area contributed by atoms with Gasteiger partial charge < -0.3 is 15.5 Å². The summed E-state index contributed by atoms with van der Waals surface area (Å²) in [6, 6.07) is -0.632. The van der Waals surface area contributed by atoms with Crippen molar-refractivity contribution < 1.29 is 15.0 Å². The van der Waals surface area contributed by atoms with E-state index >= 15 is 0 Å². The molecule has 0 saturated heterocycles. The number of amides is 1. The summed E-state index contributed by atoms with van der Waals surface area (Å²) in [6.45, 7) is 4.27. The van der Waals surface area contributed by atoms with Crippen LogP contribution in [0.4, 0.5) is 0 Å². The lowest BCUT2D eigenvalue weighted by atomic mass is 10.0. The Hall–Kier alpha value is -1.13. The van der Waals surface area contributed by atoms with Crippen LogP contribution in [0, 0.1) is 0 Å². The first kappa shape index (κ1) is 44.9. The van der Waals surface area contributed by atoms with Crippen molar-refractivity contribution in [3.8, 4) is 0 Å². The van der Waals surface area contributed by atoms with Crippen molar-refractivity contribution in [2.75, 3.05) is 6.61 Å². The van der Waals surface area contributed by atoms with Gasteiger partial charge >= 0.3 is 0 Å². The standard InChI is InChI=1S/C42H81NO3/c1-3-5-7-9-11-13-14-15-16-17-18-19-20-21-22-23-24-25-26-27-28-29-30-31-33-35-37-41(45)40(39-44)43-42(46)38-36-34-32-12-10-8-6-4-2/h29-30,35,37,40-41,44-45H,3-28,31-34,36,38-39H2,1-2H3,(H,43,46)/b30-29+,37-35+. The highest BCUT2D eigenvalue weighted by Crippen LogP contribution is 2.15. The van der Waals surface area contributed by atoms with E-state index in [1.54, 1.807) is 6.08 Å². The van der Waals surface area contributed by atoms with Gasteiger partial charge in [0.2, 0.25) is 5.91 Å². The first-order valence-corrected chi connectivity index (χ1v) is 20.6. The second-order valence-corrected chi connectivity index (χ2v) is 14.1. The number of aliphatic hydroxyl groups is 2. The molecular formula is C42H81NO3. The smallest absolute Gasteiger partial charge is 0.220 e. The Kier molecular flexibility index (Phi) is 37.4. The number of nitrogens with one attached hydrogen (secondary N) is 1. The summed E-state index contributed by atoms with van der Waals surface area (Å²) in [4.78, 5) is 12.2. The summed E-state index contributed by atoms with van der Waals surface area (Å²) >= 11 is 0. The first-order valence-electron chi connectivity index (χ1n) is 20.6. The number of allylic oxidation sites excluding steroid dienone is 3. The largest absolute Gasteiger partial charge is 0.394 e. The molecule has 0 aliphatic carbocycles. The summed E-state index contributed by atoms with van der Waals surface area (Å²) in [6.07, 6.45) is 48.7. The quantitative estimate of drug-likeness (QED) is 0.0464. The van der Waals surface area contributed by atoms with E-state index in [0.717, 1.165) is 32.1 Å². The van der Waals surface area contributed by atoms with E-state index < -0.39 is 12.1 Å². The highest BCUT2D eigenvalue weighted by atomic mass is 16.3. The van der Waals surface area contributed by atoms with Gasteiger partial charge in [0.15, 0.2) is 0 Å². The van der Waals surface area contributed by atoms with Crippen molar-refractivity contribution in [2.45, 2.75) is 231 Å². The molecule has 0 aliphatic rings. The lowest BCUT2D eigenvalue weighted by molar-refractivity contribution is -0.123. The van der Waals surface area contributed by atoms with Crippen LogP contribution in [-0.4, -0.2) is 34.9 Å². The summed E-state index contributed by atoms with van der Waals surface area (Å²) in [5.41, 5.74) is 0. The van der Waals surface area contributed by atoms with Gasteiger partial charge in [0.25, 0.3) is 0 Å². The molecule has 2 atom stereocenters. The SMILES string of the molecule is CCCCCCCCCCCCCCCCCCCCCC/C=C/CC/C=C/C(O)C(CO)NC(=O)CCCCCCCCCC. The van der Waals surface area contributed by atoms with Gasteiger partial charge in [0, 0.05) is 6.42 Å². The van der Waals surface area contributed by atoms with Crippen molar-refractivity contribution in [3.63, 3.8) is 0 Å². The van der Waals surface area contributed by atoms with Gasteiger partial charge in [-0.25, -0.2) is 0 Å². The Morgan fingerprint density at radius 1 is 0.500 bits per heavy atom. The molecule has 0 spiro atoms. The van der Waals surface area contributed by atoms with Gasteiger partial charge in [-0.1, -0.05) is 205 Å². The van der Waals surface area contributed by atoms with Crippen LogP contribution in [0.2, 0.25) is 0 Å². The zero-order valence-electron chi connectivity index (χ0n) is 31.1. The van der Waals surface area contributed by atoms with E-state index in [0.29, 0.717) is 6.42 Å². The maximum atomic E-state index is 12.2. The van der Waals surface area contributed by atoms with Crippen LogP contribution in [0.1, 0.15) is 219 Å². The highest BCUT2D eigenvalue weighted by Gasteiger charge is 2.17. The van der Waals surface area contributed by atoms with Crippen LogP contribution in [0.5, 0.6) is 0 Å². The van der Waals surface area contributed by atoms with Crippen molar-refractivity contribution in [2.24, 2.45) is 0 Å². The number of carbonyl (C=O) groups excluding carboxylic acids is 1. The average Bonchev–Trinajstić information content (AvgIpc) is 3.06. The predicted octanol–water partition coefficient (Wildman–Crippen LogP) is 12.5. The van der Waals surface area contributed by atoms with E-state index in [1.165, 1.54) is 167 Å². The maximum Gasteiger partial charge on any atom is 0.220 e. The molecular weight excluding hydrogens is 566 g/mol. The number of hydrogen-bond acceptors (Lipinski definition) is 3. The second kappa shape index (κ2) is 38.3. The molecule has 272 valence electrons. The predicted molar refractivity (Wildman–Crippen MR) is 202 cm³/mol. The zero-order valence-corrected chi connectivity index (χ0v) is 31.1. The van der Waals surface area contributed by atoms with Gasteiger partial charge in [-0.2, -0.15) is 0 Å². The zero-order chi connectivity index (χ0) is 33.6. The van der Waals surface area contributed by atoms with E-state index in [9.17, 15) is 15.0 Å². The molecule has 0 fully saturated rings. The fraction of sp³-hybridized carbons (Fsp3) is 0.881. The third kappa shape index (κ3) is 34.2. The Balaban J connectivity index is 3.51. The maximum absolute atomic E-state index is 12.2. The Morgan fingerprint density at radius 3 is 1.26 bits per heavy atom. The summed E-state index contributed by atoms with van der Waals surface area (Å²) in [5.74, 6) is -0.0783. The van der Waals surface area contributed by atoms with Crippen molar-refractivity contribution in [3.05, 3.63) is 24.3 Å². The molecule has 46 heavy (non-hydrogen) atoms. The van der Waals surface area contributed by atoms with Crippen LogP contribution >= 0.6 is 0 Å². The second-order valence-electron chi connectivity index (χ2n) is 14.1. The Morgan fingerprint density at radius 2 is 0.848 bits per heavy atom. The molecule has 0 aliphatic heterocycles. The van der Waals surface area contributed by atoms with E-state index in [4.69, 9.17) is 0 Å². The monoisotopic (exact) mass is 648 g/mol. The highest BCUT2D eigenvalue weighted by molar-refractivity contribution is 5.76. The molecule has 4 nitrogen and oxygen atoms in total. The number of hydrogen-bond donors (Lipinski definition) is 3. The van der Waals surface area contributed by atoms with Crippen LogP contribution in [0.15, 0.2) is 24.3 Å². The third-order valence-electron chi connectivity index (χ3n) is 9.44. The molecule has 0 radical (unpaired) electrons. The van der Waals surface area contributed by atoms with E-state index in [2.05, 4.69) is 31.3 Å². The topological polar surface area (TPSA) is 69.6 Å². The van der Waals surface area contributed by atoms with Gasteiger partial charge in [0.1, 0.15) is 0 Å². The van der Waals surface area contributed by atoms with Gasteiger partial charge in [-0.05, 0) is 32.1 Å². The molecule has 0 saturated carbocycles. The van der Waals surface area contributed by atoms with Gasteiger partial charge in [-0.15, -0.1) is 0 Å². The lowest BCUT2D eigenvalue weighted by Crippen LogP contribution is -2.45. The fourth-order valence-corrected chi connectivity index (χ4v) is 6.25. The normalized spacial score (nSPS) is 13.2. The molecule has 3 N–H and O–H groups in total. The van der Waals surface area contributed by atoms with Crippen molar-refractivity contribution >= 4 is 5.91 Å². The summed E-state index contributed by atoms with van der Waals surface area (Å²) in [5, 5.41) is 22.8. The molecule has 0 rings (SSSR count). The Bertz CT molecular complexity index is 661.